The van der Waals surface area contributed by atoms with Gasteiger partial charge >= 0.3 is 5.97 Å². The van der Waals surface area contributed by atoms with Gasteiger partial charge in [-0.2, -0.15) is 0 Å². The Bertz CT molecular complexity index is 771. The van der Waals surface area contributed by atoms with E-state index >= 15 is 0 Å². The molecule has 2 atom stereocenters. The first-order valence-corrected chi connectivity index (χ1v) is 10.5. The van der Waals surface area contributed by atoms with Crippen molar-refractivity contribution in [1.82, 2.24) is 9.80 Å². The average Bonchev–Trinajstić information content (AvgIpc) is 2.79. The zero-order chi connectivity index (χ0) is 21.3. The van der Waals surface area contributed by atoms with Gasteiger partial charge in [0, 0.05) is 26.2 Å². The lowest BCUT2D eigenvalue weighted by Gasteiger charge is -2.32. The highest BCUT2D eigenvalue weighted by Gasteiger charge is 2.31. The van der Waals surface area contributed by atoms with Gasteiger partial charge in [-0.15, -0.1) is 0 Å². The van der Waals surface area contributed by atoms with Crippen molar-refractivity contribution < 1.29 is 19.1 Å². The Morgan fingerprint density at radius 2 is 1.63 bits per heavy atom. The zero-order valence-electron chi connectivity index (χ0n) is 17.7. The van der Waals surface area contributed by atoms with Crippen molar-refractivity contribution in [3.8, 4) is 0 Å². The molecule has 2 aromatic rings. The fourth-order valence-corrected chi connectivity index (χ4v) is 3.51. The van der Waals surface area contributed by atoms with Gasteiger partial charge in [-0.25, -0.2) is 4.79 Å². The molecule has 0 bridgehead atoms. The Morgan fingerprint density at radius 3 is 2.17 bits per heavy atom. The van der Waals surface area contributed by atoms with E-state index in [1.165, 1.54) is 0 Å². The van der Waals surface area contributed by atoms with Crippen molar-refractivity contribution in [3.05, 3.63) is 71.8 Å². The summed E-state index contributed by atoms with van der Waals surface area (Å²) in [5.74, 6) is -0.701. The van der Waals surface area contributed by atoms with Crippen LogP contribution in [0, 0.1) is 0 Å². The van der Waals surface area contributed by atoms with Crippen molar-refractivity contribution in [2.75, 3.05) is 26.2 Å². The van der Waals surface area contributed by atoms with E-state index in [9.17, 15) is 9.59 Å². The number of hydrogen-bond donors (Lipinski definition) is 0. The molecule has 160 valence electrons. The highest BCUT2D eigenvalue weighted by Crippen LogP contribution is 2.14. The molecule has 0 unspecified atom stereocenters. The molecule has 2 aromatic carbocycles. The van der Waals surface area contributed by atoms with Crippen LogP contribution in [-0.4, -0.2) is 60.1 Å². The van der Waals surface area contributed by atoms with Gasteiger partial charge in [-0.05, 0) is 24.6 Å². The van der Waals surface area contributed by atoms with Crippen LogP contribution < -0.4 is 0 Å². The van der Waals surface area contributed by atoms with Crippen LogP contribution >= 0.6 is 0 Å². The number of rotatable bonds is 8. The van der Waals surface area contributed by atoms with Gasteiger partial charge in [0.2, 0.25) is 0 Å². The summed E-state index contributed by atoms with van der Waals surface area (Å²) in [4.78, 5) is 29.6. The molecule has 6 nitrogen and oxygen atoms in total. The number of likely N-dealkylation sites (N-methyl/N-ethyl adjacent to an activating group) is 1. The Morgan fingerprint density at radius 1 is 1.07 bits per heavy atom. The summed E-state index contributed by atoms with van der Waals surface area (Å²) in [7, 11) is 0. The lowest BCUT2D eigenvalue weighted by atomic mass is 10.1. The Balaban J connectivity index is 1.67. The van der Waals surface area contributed by atoms with E-state index in [0.29, 0.717) is 26.2 Å². The quantitative estimate of drug-likeness (QED) is 0.627. The maximum absolute atomic E-state index is 13.2. The number of carbonyl (C=O) groups is 2. The van der Waals surface area contributed by atoms with E-state index in [1.807, 2.05) is 67.6 Å². The highest BCUT2D eigenvalue weighted by atomic mass is 16.6. The number of nitrogens with zero attached hydrogens (tertiary/aromatic N) is 2. The van der Waals surface area contributed by atoms with E-state index in [2.05, 4.69) is 4.90 Å². The number of esters is 1. The minimum Gasteiger partial charge on any atom is -0.451 e. The molecule has 1 saturated heterocycles. The van der Waals surface area contributed by atoms with Crippen LogP contribution in [0.2, 0.25) is 0 Å². The van der Waals surface area contributed by atoms with Crippen LogP contribution in [0.4, 0.5) is 0 Å². The summed E-state index contributed by atoms with van der Waals surface area (Å²) < 4.78 is 11.1. The molecule has 30 heavy (non-hydrogen) atoms. The molecular formula is C24H30N2O4. The second-order valence-electron chi connectivity index (χ2n) is 7.50. The predicted octanol–water partition coefficient (Wildman–Crippen LogP) is 2.87. The predicted molar refractivity (Wildman–Crippen MR) is 115 cm³/mol. The number of benzene rings is 2. The number of morpholine rings is 1. The zero-order valence-corrected chi connectivity index (χ0v) is 17.7. The number of ether oxygens (including phenoxy) is 2. The van der Waals surface area contributed by atoms with Crippen LogP contribution in [-0.2, 0) is 32.2 Å². The molecule has 0 radical (unpaired) electrons. The Kier molecular flexibility index (Phi) is 7.99. The number of carbonyl (C=O) groups excluding carboxylic acids is 2. The fourth-order valence-electron chi connectivity index (χ4n) is 3.51. The van der Waals surface area contributed by atoms with Crippen molar-refractivity contribution in [1.29, 1.82) is 0 Å². The third kappa shape index (κ3) is 6.15. The molecule has 0 saturated carbocycles. The van der Waals surface area contributed by atoms with E-state index in [0.717, 1.165) is 24.2 Å². The average molecular weight is 411 g/mol. The summed E-state index contributed by atoms with van der Waals surface area (Å²) >= 11 is 0. The maximum atomic E-state index is 13.2. The first-order valence-electron chi connectivity index (χ1n) is 10.5. The van der Waals surface area contributed by atoms with Crippen molar-refractivity contribution in [2.24, 2.45) is 0 Å². The fraction of sp³-hybridized carbons (Fsp3) is 0.417. The molecule has 3 rings (SSSR count). The van der Waals surface area contributed by atoms with Gasteiger partial charge in [0.15, 0.2) is 12.2 Å². The molecule has 1 amide bonds. The van der Waals surface area contributed by atoms with Crippen LogP contribution in [0.3, 0.4) is 0 Å². The normalized spacial score (nSPS) is 17.9. The van der Waals surface area contributed by atoms with Crippen molar-refractivity contribution >= 4 is 11.9 Å². The monoisotopic (exact) mass is 410 g/mol. The Labute approximate surface area is 178 Å². The topological polar surface area (TPSA) is 59.1 Å². The molecule has 1 heterocycles. The summed E-state index contributed by atoms with van der Waals surface area (Å²) in [6.07, 6.45) is -1.53. The number of amides is 1. The minimum atomic E-state index is -0.884. The first kappa shape index (κ1) is 22.0. The lowest BCUT2D eigenvalue weighted by Crippen LogP contribution is -2.48. The molecular weight excluding hydrogens is 380 g/mol. The lowest BCUT2D eigenvalue weighted by molar-refractivity contribution is -0.173. The van der Waals surface area contributed by atoms with Crippen LogP contribution in [0.25, 0.3) is 0 Å². The van der Waals surface area contributed by atoms with Gasteiger partial charge in [-0.3, -0.25) is 9.69 Å². The largest absolute Gasteiger partial charge is 0.451 e. The van der Waals surface area contributed by atoms with Gasteiger partial charge in [-0.1, -0.05) is 67.6 Å². The standard InChI is InChI=1S/C24H30N2O4/c1-3-25-14-15-29-22(18-25)24(28)30-19(2)23(27)26(16-20-10-6-4-7-11-20)17-21-12-8-5-9-13-21/h4-13,19,22H,3,14-18H2,1-2H3/t19-,22-/m1/s1. The molecule has 0 N–H and O–H groups in total. The van der Waals surface area contributed by atoms with E-state index in [4.69, 9.17) is 9.47 Å². The molecule has 6 heteroatoms. The summed E-state index contributed by atoms with van der Waals surface area (Å²) in [5.41, 5.74) is 2.05. The SMILES string of the molecule is CCN1CCO[C@@H](C(=O)O[C@H](C)C(=O)N(Cc2ccccc2)Cc2ccccc2)C1. The van der Waals surface area contributed by atoms with Crippen LogP contribution in [0.1, 0.15) is 25.0 Å². The van der Waals surface area contributed by atoms with Crippen LogP contribution in [0.5, 0.6) is 0 Å². The third-order valence-corrected chi connectivity index (χ3v) is 5.25. The molecule has 0 spiro atoms. The first-order chi connectivity index (χ1) is 14.6. The second-order valence-corrected chi connectivity index (χ2v) is 7.50. The van der Waals surface area contributed by atoms with Gasteiger partial charge in [0.25, 0.3) is 5.91 Å². The van der Waals surface area contributed by atoms with Crippen LogP contribution in [0.15, 0.2) is 60.7 Å². The summed E-state index contributed by atoms with van der Waals surface area (Å²) in [5, 5.41) is 0. The smallest absolute Gasteiger partial charge is 0.337 e. The summed E-state index contributed by atoms with van der Waals surface area (Å²) in [6, 6.07) is 19.6. The van der Waals surface area contributed by atoms with Gasteiger partial charge < -0.3 is 14.4 Å². The van der Waals surface area contributed by atoms with E-state index < -0.39 is 18.2 Å². The highest BCUT2D eigenvalue weighted by molar-refractivity contribution is 5.84. The van der Waals surface area contributed by atoms with E-state index in [-0.39, 0.29) is 5.91 Å². The van der Waals surface area contributed by atoms with Crippen molar-refractivity contribution in [2.45, 2.75) is 39.1 Å². The molecule has 0 aromatic heterocycles. The second kappa shape index (κ2) is 10.9. The molecule has 1 fully saturated rings. The van der Waals surface area contributed by atoms with Gasteiger partial charge in [0.1, 0.15) is 0 Å². The number of hydrogen-bond acceptors (Lipinski definition) is 5. The molecule has 1 aliphatic rings. The maximum Gasteiger partial charge on any atom is 0.337 e. The van der Waals surface area contributed by atoms with Crippen molar-refractivity contribution in [3.63, 3.8) is 0 Å². The molecule has 1 aliphatic heterocycles. The molecule has 0 aliphatic carbocycles. The van der Waals surface area contributed by atoms with E-state index in [1.54, 1.807) is 11.8 Å². The minimum absolute atomic E-state index is 0.223. The summed E-state index contributed by atoms with van der Waals surface area (Å²) in [6.45, 7) is 7.20. The third-order valence-electron chi connectivity index (χ3n) is 5.25. The van der Waals surface area contributed by atoms with Gasteiger partial charge in [0.05, 0.1) is 6.61 Å². The Hall–Kier alpha value is -2.70.